The Hall–Kier alpha value is -0.610. The fourth-order valence-electron chi connectivity index (χ4n) is 1.60. The fraction of sp³-hybridized carbons (Fsp3) is 0.250. The molecule has 0 bridgehead atoms. The molecule has 2 aromatic rings. The molecule has 2 N–H and O–H groups in total. The lowest BCUT2D eigenvalue weighted by Crippen LogP contribution is -2.13. The van der Waals surface area contributed by atoms with E-state index in [1.807, 2.05) is 18.4 Å². The fourth-order valence-corrected chi connectivity index (χ4v) is 2.98. The van der Waals surface area contributed by atoms with E-state index in [-0.39, 0.29) is 6.04 Å². The van der Waals surface area contributed by atoms with Crippen molar-refractivity contribution < 1.29 is 0 Å². The highest BCUT2D eigenvalue weighted by atomic mass is 35.5. The molecule has 5 heteroatoms. The number of nitrogens with two attached hydrogens (primary N) is 1. The number of halogens is 2. The Morgan fingerprint density at radius 2 is 2.18 bits per heavy atom. The average molecular weight is 287 g/mol. The molecular weight excluding hydrogens is 275 g/mol. The predicted molar refractivity (Wildman–Crippen MR) is 73.9 cm³/mol. The Labute approximate surface area is 114 Å². The van der Waals surface area contributed by atoms with Gasteiger partial charge in [0.25, 0.3) is 0 Å². The van der Waals surface area contributed by atoms with Gasteiger partial charge in [-0.15, -0.1) is 11.3 Å². The van der Waals surface area contributed by atoms with Crippen molar-refractivity contribution in [3.63, 3.8) is 0 Å². The lowest BCUT2D eigenvalue weighted by molar-refractivity contribution is 0.717. The molecule has 1 atom stereocenters. The van der Waals surface area contributed by atoms with Gasteiger partial charge in [0, 0.05) is 33.6 Å². The first-order chi connectivity index (χ1) is 8.06. The molecule has 0 aliphatic heterocycles. The van der Waals surface area contributed by atoms with Crippen molar-refractivity contribution in [1.29, 1.82) is 0 Å². The second-order valence-corrected chi connectivity index (χ2v) is 5.65. The number of thiazole rings is 1. The molecule has 17 heavy (non-hydrogen) atoms. The van der Waals surface area contributed by atoms with Crippen LogP contribution in [0.5, 0.6) is 0 Å². The van der Waals surface area contributed by atoms with Crippen LogP contribution in [0.3, 0.4) is 0 Å². The van der Waals surface area contributed by atoms with Gasteiger partial charge in [0.05, 0.1) is 5.01 Å². The highest BCUT2D eigenvalue weighted by Gasteiger charge is 2.13. The summed E-state index contributed by atoms with van der Waals surface area (Å²) < 4.78 is 0. The Bertz CT molecular complexity index is 525. The van der Waals surface area contributed by atoms with Gasteiger partial charge in [-0.1, -0.05) is 29.3 Å². The van der Waals surface area contributed by atoms with E-state index in [1.54, 1.807) is 23.5 Å². The molecule has 90 valence electrons. The third-order valence-corrected chi connectivity index (χ3v) is 3.97. The van der Waals surface area contributed by atoms with E-state index in [0.29, 0.717) is 16.5 Å². The van der Waals surface area contributed by atoms with Crippen LogP contribution in [0.15, 0.2) is 23.6 Å². The summed E-state index contributed by atoms with van der Waals surface area (Å²) in [6.07, 6.45) is 0.694. The highest BCUT2D eigenvalue weighted by Crippen LogP contribution is 2.27. The second kappa shape index (κ2) is 5.36. The van der Waals surface area contributed by atoms with E-state index >= 15 is 0 Å². The first-order valence-electron chi connectivity index (χ1n) is 5.18. The molecule has 0 spiro atoms. The molecule has 1 heterocycles. The van der Waals surface area contributed by atoms with E-state index in [0.717, 1.165) is 16.3 Å². The van der Waals surface area contributed by atoms with Gasteiger partial charge in [-0.3, -0.25) is 0 Å². The summed E-state index contributed by atoms with van der Waals surface area (Å²) in [6.45, 7) is 1.97. The molecule has 0 saturated carbocycles. The molecule has 0 amide bonds. The molecule has 2 rings (SSSR count). The zero-order valence-electron chi connectivity index (χ0n) is 9.28. The zero-order valence-corrected chi connectivity index (χ0v) is 11.6. The number of aryl methyl sites for hydroxylation is 1. The van der Waals surface area contributed by atoms with Gasteiger partial charge in [-0.2, -0.15) is 0 Å². The first kappa shape index (κ1) is 12.8. The number of hydrogen-bond donors (Lipinski definition) is 1. The van der Waals surface area contributed by atoms with Crippen LogP contribution in [0.1, 0.15) is 22.3 Å². The summed E-state index contributed by atoms with van der Waals surface area (Å²) >= 11 is 13.6. The largest absolute Gasteiger partial charge is 0.324 e. The van der Waals surface area contributed by atoms with Crippen LogP contribution >= 0.6 is 34.5 Å². The molecule has 1 unspecified atom stereocenters. The molecule has 0 fully saturated rings. The lowest BCUT2D eigenvalue weighted by atomic mass is 10.1. The van der Waals surface area contributed by atoms with E-state index in [1.165, 1.54) is 0 Å². The van der Waals surface area contributed by atoms with Gasteiger partial charge in [0.2, 0.25) is 0 Å². The van der Waals surface area contributed by atoms with Crippen molar-refractivity contribution in [2.24, 2.45) is 5.73 Å². The normalized spacial score (nSPS) is 12.7. The molecule has 2 nitrogen and oxygen atoms in total. The van der Waals surface area contributed by atoms with Gasteiger partial charge in [-0.25, -0.2) is 4.98 Å². The number of rotatable bonds is 3. The molecule has 0 aliphatic carbocycles. The molecular formula is C12H12Cl2N2S. The topological polar surface area (TPSA) is 38.9 Å². The third kappa shape index (κ3) is 3.19. The van der Waals surface area contributed by atoms with E-state index in [9.17, 15) is 0 Å². The number of hydrogen-bond acceptors (Lipinski definition) is 3. The van der Waals surface area contributed by atoms with Gasteiger partial charge in [0.15, 0.2) is 0 Å². The average Bonchev–Trinajstić information content (AvgIpc) is 2.63. The smallest absolute Gasteiger partial charge is 0.0947 e. The van der Waals surface area contributed by atoms with E-state index < -0.39 is 0 Å². The second-order valence-electron chi connectivity index (χ2n) is 3.86. The van der Waals surface area contributed by atoms with Crippen molar-refractivity contribution in [2.75, 3.05) is 0 Å². The predicted octanol–water partition coefficient (Wildman–Crippen LogP) is 4.00. The summed E-state index contributed by atoms with van der Waals surface area (Å²) in [6, 6.07) is 5.24. The first-order valence-corrected chi connectivity index (χ1v) is 6.81. The molecule has 0 aliphatic rings. The summed E-state index contributed by atoms with van der Waals surface area (Å²) in [5, 5.41) is 4.28. The Balaban J connectivity index is 2.17. The number of nitrogens with zero attached hydrogens (tertiary/aromatic N) is 1. The summed E-state index contributed by atoms with van der Waals surface area (Å²) in [4.78, 5) is 4.39. The van der Waals surface area contributed by atoms with Crippen molar-refractivity contribution in [3.05, 3.63) is 49.9 Å². The zero-order chi connectivity index (χ0) is 12.4. The Morgan fingerprint density at radius 3 is 2.76 bits per heavy atom. The monoisotopic (exact) mass is 286 g/mol. The maximum absolute atomic E-state index is 6.13. The van der Waals surface area contributed by atoms with Gasteiger partial charge in [-0.05, 0) is 24.6 Å². The number of benzene rings is 1. The van der Waals surface area contributed by atoms with Gasteiger partial charge < -0.3 is 5.73 Å². The summed E-state index contributed by atoms with van der Waals surface area (Å²) in [5.41, 5.74) is 8.06. The molecule has 0 radical (unpaired) electrons. The Morgan fingerprint density at radius 1 is 1.41 bits per heavy atom. The van der Waals surface area contributed by atoms with Crippen molar-refractivity contribution in [1.82, 2.24) is 4.98 Å². The van der Waals surface area contributed by atoms with Gasteiger partial charge in [0.1, 0.15) is 0 Å². The van der Waals surface area contributed by atoms with Crippen molar-refractivity contribution >= 4 is 34.5 Å². The van der Waals surface area contributed by atoms with Gasteiger partial charge >= 0.3 is 0 Å². The highest BCUT2D eigenvalue weighted by molar-refractivity contribution is 7.09. The minimum absolute atomic E-state index is 0.148. The van der Waals surface area contributed by atoms with Crippen molar-refractivity contribution in [3.8, 4) is 0 Å². The molecule has 1 aromatic heterocycles. The van der Waals surface area contributed by atoms with Crippen LogP contribution in [0.2, 0.25) is 10.0 Å². The van der Waals surface area contributed by atoms with E-state index in [2.05, 4.69) is 4.98 Å². The standard InChI is InChI=1S/C12H12Cl2N2S/c1-7-6-17-12(16-7)5-11(15)9-3-2-8(13)4-10(9)14/h2-4,6,11H,5,15H2,1H3. The van der Waals surface area contributed by atoms with Crippen LogP contribution in [-0.2, 0) is 6.42 Å². The van der Waals surface area contributed by atoms with Crippen LogP contribution in [-0.4, -0.2) is 4.98 Å². The summed E-state index contributed by atoms with van der Waals surface area (Å²) in [7, 11) is 0. The van der Waals surface area contributed by atoms with Crippen molar-refractivity contribution in [2.45, 2.75) is 19.4 Å². The van der Waals surface area contributed by atoms with Crippen LogP contribution in [0.4, 0.5) is 0 Å². The Kier molecular flexibility index (Phi) is 4.05. The number of aromatic nitrogens is 1. The molecule has 0 saturated heterocycles. The quantitative estimate of drug-likeness (QED) is 0.926. The van der Waals surface area contributed by atoms with Crippen LogP contribution < -0.4 is 5.73 Å². The SMILES string of the molecule is Cc1csc(CC(N)c2ccc(Cl)cc2Cl)n1. The minimum Gasteiger partial charge on any atom is -0.324 e. The summed E-state index contributed by atoms with van der Waals surface area (Å²) in [5.74, 6) is 0. The maximum Gasteiger partial charge on any atom is 0.0947 e. The lowest BCUT2D eigenvalue weighted by Gasteiger charge is -2.12. The van der Waals surface area contributed by atoms with E-state index in [4.69, 9.17) is 28.9 Å². The minimum atomic E-state index is -0.148. The maximum atomic E-state index is 6.13. The van der Waals surface area contributed by atoms with Crippen LogP contribution in [0, 0.1) is 6.92 Å². The third-order valence-electron chi connectivity index (χ3n) is 2.42. The van der Waals surface area contributed by atoms with Crippen LogP contribution in [0.25, 0.3) is 0 Å². The molecule has 1 aromatic carbocycles.